The highest BCUT2D eigenvalue weighted by atomic mass is 35.5. The summed E-state index contributed by atoms with van der Waals surface area (Å²) in [5.74, 6) is -0.275. The van der Waals surface area contributed by atoms with Crippen LogP contribution in [-0.2, 0) is 4.74 Å². The number of hydrogen-bond acceptors (Lipinski definition) is 4. The molecule has 1 aromatic carbocycles. The van der Waals surface area contributed by atoms with E-state index in [1.807, 2.05) is 24.3 Å². The highest BCUT2D eigenvalue weighted by Crippen LogP contribution is 2.30. The fourth-order valence-electron chi connectivity index (χ4n) is 2.74. The minimum Gasteiger partial charge on any atom is -0.465 e. The normalized spacial score (nSPS) is 22.9. The van der Waals surface area contributed by atoms with Gasteiger partial charge in [0.05, 0.1) is 12.7 Å². The molecular formula is C15H21ClN2O2. The Hall–Kier alpha value is -1.10. The molecule has 2 aliphatic rings. The second-order valence-corrected chi connectivity index (χ2v) is 5.35. The van der Waals surface area contributed by atoms with Gasteiger partial charge in [0, 0.05) is 31.7 Å². The number of nitrogens with one attached hydrogen (secondary N) is 1. The van der Waals surface area contributed by atoms with E-state index in [0.717, 1.165) is 25.7 Å². The Morgan fingerprint density at radius 3 is 2.60 bits per heavy atom. The Balaban J connectivity index is 0.00000147. The number of nitrogens with zero attached hydrogens (tertiary/aromatic N) is 1. The SMILES string of the molecule is COC(=O)c1ccc(C2CN(C3CC3)CCN2)cc1.Cl. The maximum atomic E-state index is 11.4. The summed E-state index contributed by atoms with van der Waals surface area (Å²) < 4.78 is 4.72. The molecule has 110 valence electrons. The highest BCUT2D eigenvalue weighted by molar-refractivity contribution is 5.89. The van der Waals surface area contributed by atoms with Gasteiger partial charge in [-0.1, -0.05) is 12.1 Å². The first-order chi connectivity index (χ1) is 9.28. The summed E-state index contributed by atoms with van der Waals surface area (Å²) in [7, 11) is 1.41. The summed E-state index contributed by atoms with van der Waals surface area (Å²) in [6.45, 7) is 3.27. The van der Waals surface area contributed by atoms with E-state index in [1.165, 1.54) is 25.5 Å². The highest BCUT2D eigenvalue weighted by Gasteiger charge is 2.32. The van der Waals surface area contributed by atoms with Crippen molar-refractivity contribution in [2.24, 2.45) is 0 Å². The van der Waals surface area contributed by atoms with Crippen LogP contribution in [0.2, 0.25) is 0 Å². The molecule has 20 heavy (non-hydrogen) atoms. The van der Waals surface area contributed by atoms with Crippen molar-refractivity contribution in [3.05, 3.63) is 35.4 Å². The molecule has 1 heterocycles. The van der Waals surface area contributed by atoms with Gasteiger partial charge in [0.15, 0.2) is 0 Å². The van der Waals surface area contributed by atoms with E-state index in [0.29, 0.717) is 11.6 Å². The fraction of sp³-hybridized carbons (Fsp3) is 0.533. The molecule has 1 atom stereocenters. The van der Waals surface area contributed by atoms with Crippen molar-refractivity contribution in [3.8, 4) is 0 Å². The molecule has 1 aliphatic heterocycles. The van der Waals surface area contributed by atoms with Crippen LogP contribution in [0.25, 0.3) is 0 Å². The minimum absolute atomic E-state index is 0. The zero-order chi connectivity index (χ0) is 13.2. The standard InChI is InChI=1S/C15H20N2O2.ClH/c1-19-15(18)12-4-2-11(3-5-12)14-10-17(9-8-16-14)13-6-7-13;/h2-5,13-14,16H,6-10H2,1H3;1H. The van der Waals surface area contributed by atoms with Crippen LogP contribution in [0.3, 0.4) is 0 Å². The van der Waals surface area contributed by atoms with Crippen LogP contribution in [0, 0.1) is 0 Å². The van der Waals surface area contributed by atoms with Crippen molar-refractivity contribution < 1.29 is 9.53 Å². The maximum absolute atomic E-state index is 11.4. The van der Waals surface area contributed by atoms with Gasteiger partial charge in [-0.25, -0.2) is 4.79 Å². The Morgan fingerprint density at radius 2 is 2.00 bits per heavy atom. The van der Waals surface area contributed by atoms with Crippen LogP contribution in [0.5, 0.6) is 0 Å². The first-order valence-electron chi connectivity index (χ1n) is 6.93. The summed E-state index contributed by atoms with van der Waals surface area (Å²) in [6, 6.07) is 8.94. The number of carbonyl (C=O) groups is 1. The number of methoxy groups -OCH3 is 1. The smallest absolute Gasteiger partial charge is 0.337 e. The average Bonchev–Trinajstić information content (AvgIpc) is 3.31. The predicted octanol–water partition coefficient (Wildman–Crippen LogP) is 2.00. The van der Waals surface area contributed by atoms with E-state index in [-0.39, 0.29) is 18.4 Å². The Kier molecular flexibility index (Phi) is 5.02. The van der Waals surface area contributed by atoms with Crippen LogP contribution in [0.15, 0.2) is 24.3 Å². The summed E-state index contributed by atoms with van der Waals surface area (Å²) in [6.07, 6.45) is 2.71. The summed E-state index contributed by atoms with van der Waals surface area (Å²) in [5.41, 5.74) is 1.86. The molecule has 1 unspecified atom stereocenters. The molecular weight excluding hydrogens is 276 g/mol. The zero-order valence-electron chi connectivity index (χ0n) is 11.7. The molecule has 2 fully saturated rings. The number of esters is 1. The Morgan fingerprint density at radius 1 is 1.30 bits per heavy atom. The molecule has 1 N–H and O–H groups in total. The first kappa shape index (κ1) is 15.3. The molecule has 1 aromatic rings. The van der Waals surface area contributed by atoms with Crippen LogP contribution in [-0.4, -0.2) is 43.7 Å². The number of hydrogen-bond donors (Lipinski definition) is 1. The monoisotopic (exact) mass is 296 g/mol. The van der Waals surface area contributed by atoms with E-state index < -0.39 is 0 Å². The molecule has 1 saturated carbocycles. The molecule has 1 aliphatic carbocycles. The predicted molar refractivity (Wildman–Crippen MR) is 80.4 cm³/mol. The van der Waals surface area contributed by atoms with Crippen LogP contribution < -0.4 is 5.32 Å². The number of piperazine rings is 1. The van der Waals surface area contributed by atoms with Crippen molar-refractivity contribution in [1.82, 2.24) is 10.2 Å². The van der Waals surface area contributed by atoms with E-state index in [9.17, 15) is 4.79 Å². The number of benzene rings is 1. The lowest BCUT2D eigenvalue weighted by atomic mass is 10.0. The van der Waals surface area contributed by atoms with Gasteiger partial charge in [-0.05, 0) is 30.5 Å². The lowest BCUT2D eigenvalue weighted by Gasteiger charge is -2.34. The quantitative estimate of drug-likeness (QED) is 0.867. The van der Waals surface area contributed by atoms with Gasteiger partial charge in [0.1, 0.15) is 0 Å². The van der Waals surface area contributed by atoms with Gasteiger partial charge >= 0.3 is 5.97 Å². The van der Waals surface area contributed by atoms with E-state index in [2.05, 4.69) is 10.2 Å². The van der Waals surface area contributed by atoms with Gasteiger partial charge in [0.25, 0.3) is 0 Å². The third-order valence-electron chi connectivity index (χ3n) is 4.00. The first-order valence-corrected chi connectivity index (χ1v) is 6.93. The van der Waals surface area contributed by atoms with Crippen molar-refractivity contribution in [3.63, 3.8) is 0 Å². The molecule has 0 radical (unpaired) electrons. The molecule has 0 aromatic heterocycles. The topological polar surface area (TPSA) is 41.6 Å². The lowest BCUT2D eigenvalue weighted by Crippen LogP contribution is -2.46. The molecule has 4 nitrogen and oxygen atoms in total. The van der Waals surface area contributed by atoms with Crippen molar-refractivity contribution >= 4 is 18.4 Å². The molecule has 0 spiro atoms. The third-order valence-corrected chi connectivity index (χ3v) is 4.00. The summed E-state index contributed by atoms with van der Waals surface area (Å²) in [5, 5.41) is 3.55. The average molecular weight is 297 g/mol. The van der Waals surface area contributed by atoms with Gasteiger partial charge < -0.3 is 10.1 Å². The summed E-state index contributed by atoms with van der Waals surface area (Å²) in [4.78, 5) is 14.0. The van der Waals surface area contributed by atoms with Gasteiger partial charge in [-0.3, -0.25) is 4.90 Å². The number of halogens is 1. The Bertz CT molecular complexity index is 459. The molecule has 1 saturated heterocycles. The second-order valence-electron chi connectivity index (χ2n) is 5.35. The van der Waals surface area contributed by atoms with Crippen LogP contribution in [0.1, 0.15) is 34.8 Å². The fourth-order valence-corrected chi connectivity index (χ4v) is 2.74. The third kappa shape index (κ3) is 3.32. The van der Waals surface area contributed by atoms with Crippen LogP contribution in [0.4, 0.5) is 0 Å². The van der Waals surface area contributed by atoms with Crippen molar-refractivity contribution in [2.75, 3.05) is 26.7 Å². The Labute approximate surface area is 125 Å². The maximum Gasteiger partial charge on any atom is 0.337 e. The molecule has 0 amide bonds. The number of carbonyl (C=O) groups excluding carboxylic acids is 1. The van der Waals surface area contributed by atoms with E-state index in [4.69, 9.17) is 4.74 Å². The lowest BCUT2D eigenvalue weighted by molar-refractivity contribution is 0.0600. The van der Waals surface area contributed by atoms with Crippen molar-refractivity contribution in [2.45, 2.75) is 24.9 Å². The van der Waals surface area contributed by atoms with Crippen LogP contribution >= 0.6 is 12.4 Å². The number of rotatable bonds is 3. The zero-order valence-corrected chi connectivity index (χ0v) is 12.5. The molecule has 3 rings (SSSR count). The van der Waals surface area contributed by atoms with Gasteiger partial charge in [-0.2, -0.15) is 0 Å². The van der Waals surface area contributed by atoms with Gasteiger partial charge in [-0.15, -0.1) is 12.4 Å². The molecule has 0 bridgehead atoms. The molecule has 5 heteroatoms. The van der Waals surface area contributed by atoms with Gasteiger partial charge in [0.2, 0.25) is 0 Å². The van der Waals surface area contributed by atoms with E-state index in [1.54, 1.807) is 0 Å². The largest absolute Gasteiger partial charge is 0.465 e. The van der Waals surface area contributed by atoms with Crippen molar-refractivity contribution in [1.29, 1.82) is 0 Å². The van der Waals surface area contributed by atoms with E-state index >= 15 is 0 Å². The minimum atomic E-state index is -0.275. The second kappa shape index (κ2) is 6.57. The number of ether oxygens (including phenoxy) is 1. The summed E-state index contributed by atoms with van der Waals surface area (Å²) >= 11 is 0.